The van der Waals surface area contributed by atoms with Crippen molar-refractivity contribution in [2.75, 3.05) is 18.0 Å². The first-order valence-electron chi connectivity index (χ1n) is 10.8. The molecule has 0 N–H and O–H groups in total. The molecule has 0 unspecified atom stereocenters. The average molecular weight is 449 g/mol. The fraction of sp³-hybridized carbons (Fsp3) is 0.308. The van der Waals surface area contributed by atoms with E-state index in [1.807, 2.05) is 12.1 Å². The summed E-state index contributed by atoms with van der Waals surface area (Å²) in [6.07, 6.45) is 4.97. The molecule has 2 aromatic rings. The second-order valence-corrected chi connectivity index (χ2v) is 10.1. The van der Waals surface area contributed by atoms with Crippen LogP contribution in [0.3, 0.4) is 0 Å². The van der Waals surface area contributed by atoms with Gasteiger partial charge in [0, 0.05) is 29.9 Å². The zero-order valence-electron chi connectivity index (χ0n) is 18.5. The van der Waals surface area contributed by atoms with E-state index in [1.54, 1.807) is 4.90 Å². The Hall–Kier alpha value is -2.37. The summed E-state index contributed by atoms with van der Waals surface area (Å²) in [7, 11) is 0. The van der Waals surface area contributed by atoms with Gasteiger partial charge in [-0.15, -0.1) is 0 Å². The number of hydrogen-bond acceptors (Lipinski definition) is 4. The average Bonchev–Trinajstić information content (AvgIpc) is 3.16. The van der Waals surface area contributed by atoms with E-state index in [0.29, 0.717) is 15.8 Å². The van der Waals surface area contributed by atoms with Crippen molar-refractivity contribution in [1.29, 1.82) is 0 Å². The number of rotatable bonds is 5. The largest absolute Gasteiger partial charge is 0.344 e. The summed E-state index contributed by atoms with van der Waals surface area (Å²) in [6, 6.07) is 17.2. The molecule has 3 nitrogen and oxygen atoms in total. The highest BCUT2D eigenvalue weighted by Gasteiger charge is 2.39. The van der Waals surface area contributed by atoms with Crippen molar-refractivity contribution in [3.63, 3.8) is 0 Å². The van der Waals surface area contributed by atoms with Gasteiger partial charge in [-0.05, 0) is 54.3 Å². The lowest BCUT2D eigenvalue weighted by Crippen LogP contribution is -2.28. The number of thioether (sulfide) groups is 1. The third-order valence-corrected chi connectivity index (χ3v) is 7.42. The predicted molar refractivity (Wildman–Crippen MR) is 136 cm³/mol. The van der Waals surface area contributed by atoms with Crippen molar-refractivity contribution < 1.29 is 4.79 Å². The lowest BCUT2D eigenvalue weighted by Gasteiger charge is -2.25. The number of benzene rings is 2. The van der Waals surface area contributed by atoms with Crippen LogP contribution in [0.2, 0.25) is 0 Å². The molecule has 0 aliphatic carbocycles. The molecule has 1 amide bonds. The number of allylic oxidation sites excluding steroid dienone is 3. The molecule has 2 aliphatic rings. The van der Waals surface area contributed by atoms with E-state index in [4.69, 9.17) is 12.2 Å². The van der Waals surface area contributed by atoms with Gasteiger partial charge in [0.05, 0.1) is 4.91 Å². The van der Waals surface area contributed by atoms with Gasteiger partial charge in [-0.2, -0.15) is 0 Å². The number of nitrogens with zero attached hydrogens (tertiary/aromatic N) is 2. The van der Waals surface area contributed by atoms with Crippen molar-refractivity contribution in [1.82, 2.24) is 4.90 Å². The Labute approximate surface area is 194 Å². The summed E-state index contributed by atoms with van der Waals surface area (Å²) in [6.45, 7) is 10.3. The lowest BCUT2D eigenvalue weighted by molar-refractivity contribution is -0.122. The second kappa shape index (κ2) is 8.64. The summed E-state index contributed by atoms with van der Waals surface area (Å²) in [5.41, 5.74) is 6.05. The van der Waals surface area contributed by atoms with Crippen LogP contribution in [-0.2, 0) is 10.2 Å². The third kappa shape index (κ3) is 3.85. The molecule has 2 aliphatic heterocycles. The van der Waals surface area contributed by atoms with Gasteiger partial charge >= 0.3 is 0 Å². The summed E-state index contributed by atoms with van der Waals surface area (Å²) in [5, 5.41) is 0. The molecular weight excluding hydrogens is 420 g/mol. The molecular formula is C26H28N2OS2. The van der Waals surface area contributed by atoms with Gasteiger partial charge in [-0.25, -0.2) is 0 Å². The van der Waals surface area contributed by atoms with Gasteiger partial charge in [-0.3, -0.25) is 9.69 Å². The van der Waals surface area contributed by atoms with Crippen LogP contribution in [0.1, 0.15) is 39.7 Å². The maximum Gasteiger partial charge on any atom is 0.266 e. The van der Waals surface area contributed by atoms with E-state index in [0.717, 1.165) is 13.0 Å². The highest BCUT2D eigenvalue weighted by Crippen LogP contribution is 2.49. The Morgan fingerprint density at radius 3 is 2.42 bits per heavy atom. The van der Waals surface area contributed by atoms with Crippen molar-refractivity contribution >= 4 is 39.9 Å². The molecule has 0 radical (unpaired) electrons. The Morgan fingerprint density at radius 2 is 1.74 bits per heavy atom. The van der Waals surface area contributed by atoms with Gasteiger partial charge in [0.15, 0.2) is 0 Å². The first kappa shape index (κ1) is 21.8. The number of carbonyl (C=O) groups is 1. The third-order valence-electron chi connectivity index (χ3n) is 6.03. The fourth-order valence-corrected chi connectivity index (χ4v) is 5.66. The number of anilines is 1. The molecule has 4 rings (SSSR count). The van der Waals surface area contributed by atoms with Crippen LogP contribution in [0.15, 0.2) is 71.3 Å². The topological polar surface area (TPSA) is 23.6 Å². The lowest BCUT2D eigenvalue weighted by atomic mass is 9.82. The van der Waals surface area contributed by atoms with Crippen LogP contribution in [-0.4, -0.2) is 28.2 Å². The van der Waals surface area contributed by atoms with Gasteiger partial charge < -0.3 is 4.90 Å². The van der Waals surface area contributed by atoms with Crippen LogP contribution in [0.4, 0.5) is 5.69 Å². The van der Waals surface area contributed by atoms with E-state index in [9.17, 15) is 4.79 Å². The van der Waals surface area contributed by atoms with Crippen molar-refractivity contribution in [2.24, 2.45) is 0 Å². The van der Waals surface area contributed by atoms with Crippen molar-refractivity contribution in [2.45, 2.75) is 39.5 Å². The molecule has 0 spiro atoms. The van der Waals surface area contributed by atoms with E-state index >= 15 is 0 Å². The number of likely N-dealkylation sites (N-methyl/N-ethyl adjacent to an activating group) is 1. The highest BCUT2D eigenvalue weighted by atomic mass is 32.2. The minimum Gasteiger partial charge on any atom is -0.344 e. The van der Waals surface area contributed by atoms with Crippen molar-refractivity contribution in [3.05, 3.63) is 76.8 Å². The zero-order valence-corrected chi connectivity index (χ0v) is 20.1. The molecule has 31 heavy (non-hydrogen) atoms. The molecule has 2 aromatic carbocycles. The zero-order chi connectivity index (χ0) is 22.2. The molecule has 0 aromatic heterocycles. The standard InChI is InChI=1S/C26H28N2OS2/c1-5-16-28-24(29)22(31-25(28)30)14-15-23-26(3,4)20-17-19(18-10-8-7-9-11-18)12-13-21(20)27(23)6-2/h7-15,17H,5-6,16H2,1-4H3. The molecule has 160 valence electrons. The molecule has 2 heterocycles. The van der Waals surface area contributed by atoms with E-state index < -0.39 is 0 Å². The molecule has 0 saturated carbocycles. The maximum atomic E-state index is 12.7. The monoisotopic (exact) mass is 448 g/mol. The number of hydrogen-bond donors (Lipinski definition) is 0. The SMILES string of the molecule is CCCN1C(=O)C(=CC=C2N(CC)c3ccc(-c4ccccc4)cc3C2(C)C)SC1=S. The van der Waals surface area contributed by atoms with Crippen LogP contribution in [0.5, 0.6) is 0 Å². The van der Waals surface area contributed by atoms with E-state index in [2.05, 4.69) is 81.1 Å². The molecule has 5 heteroatoms. The summed E-state index contributed by atoms with van der Waals surface area (Å²) >= 11 is 6.82. The van der Waals surface area contributed by atoms with Crippen LogP contribution in [0.25, 0.3) is 11.1 Å². The Kier molecular flexibility index (Phi) is 6.09. The minimum absolute atomic E-state index is 0.0245. The quantitative estimate of drug-likeness (QED) is 0.384. The molecule has 1 fully saturated rings. The van der Waals surface area contributed by atoms with E-state index in [-0.39, 0.29) is 11.3 Å². The van der Waals surface area contributed by atoms with Crippen LogP contribution in [0, 0.1) is 0 Å². The van der Waals surface area contributed by atoms with Crippen LogP contribution < -0.4 is 4.90 Å². The first-order valence-corrected chi connectivity index (χ1v) is 12.0. The Balaban J connectivity index is 1.72. The van der Waals surface area contributed by atoms with Crippen LogP contribution >= 0.6 is 24.0 Å². The summed E-state index contributed by atoms with van der Waals surface area (Å²) in [4.78, 5) is 17.5. The Bertz CT molecular complexity index is 1090. The second-order valence-electron chi connectivity index (χ2n) is 8.37. The van der Waals surface area contributed by atoms with Gasteiger partial charge in [-0.1, -0.05) is 81.1 Å². The van der Waals surface area contributed by atoms with Gasteiger partial charge in [0.2, 0.25) is 0 Å². The smallest absolute Gasteiger partial charge is 0.266 e. The summed E-state index contributed by atoms with van der Waals surface area (Å²) < 4.78 is 0.658. The molecule has 1 saturated heterocycles. The minimum atomic E-state index is -0.164. The number of thiocarbonyl (C=S) groups is 1. The fourth-order valence-electron chi connectivity index (χ4n) is 4.41. The predicted octanol–water partition coefficient (Wildman–Crippen LogP) is 6.51. The van der Waals surface area contributed by atoms with E-state index in [1.165, 1.54) is 39.8 Å². The maximum absolute atomic E-state index is 12.7. The summed E-state index contributed by atoms with van der Waals surface area (Å²) in [5.74, 6) is 0.0245. The number of fused-ring (bicyclic) bond motifs is 1. The molecule has 0 bridgehead atoms. The highest BCUT2D eigenvalue weighted by molar-refractivity contribution is 8.26. The first-order chi connectivity index (χ1) is 14.9. The molecule has 0 atom stereocenters. The number of amides is 1. The Morgan fingerprint density at radius 1 is 1.00 bits per heavy atom. The van der Waals surface area contributed by atoms with Gasteiger partial charge in [0.25, 0.3) is 5.91 Å². The number of carbonyl (C=O) groups excluding carboxylic acids is 1. The van der Waals surface area contributed by atoms with Gasteiger partial charge in [0.1, 0.15) is 4.32 Å². The normalized spacial score (nSPS) is 20.3. The van der Waals surface area contributed by atoms with Crippen molar-refractivity contribution in [3.8, 4) is 11.1 Å².